The van der Waals surface area contributed by atoms with E-state index in [1.807, 2.05) is 4.90 Å². The van der Waals surface area contributed by atoms with Crippen molar-refractivity contribution in [2.75, 3.05) is 27.2 Å². The van der Waals surface area contributed by atoms with Crippen molar-refractivity contribution in [3.05, 3.63) is 17.0 Å². The first-order valence-electron chi connectivity index (χ1n) is 8.14. The van der Waals surface area contributed by atoms with Crippen LogP contribution in [0.2, 0.25) is 5.15 Å². The Morgan fingerprint density at radius 1 is 1.46 bits per heavy atom. The maximum Gasteiger partial charge on any atom is 0.317 e. The number of halogens is 1. The summed E-state index contributed by atoms with van der Waals surface area (Å²) in [5, 5.41) is 6.92. The van der Waals surface area contributed by atoms with E-state index in [9.17, 15) is 9.59 Å². The van der Waals surface area contributed by atoms with Gasteiger partial charge in [0.05, 0.1) is 6.04 Å². The van der Waals surface area contributed by atoms with Crippen LogP contribution in [0.4, 0.5) is 4.79 Å². The van der Waals surface area contributed by atoms with Crippen LogP contribution in [0.1, 0.15) is 26.0 Å². The van der Waals surface area contributed by atoms with Gasteiger partial charge in [-0.1, -0.05) is 30.6 Å². The molecule has 2 rings (SSSR count). The number of hydrogen-bond donors (Lipinski definition) is 1. The lowest BCUT2D eigenvalue weighted by Crippen LogP contribution is -2.46. The quantitative estimate of drug-likeness (QED) is 0.875. The third kappa shape index (κ3) is 4.63. The molecule has 8 heteroatoms. The predicted molar refractivity (Wildman–Crippen MR) is 90.7 cm³/mol. The fraction of sp³-hybridized carbons (Fsp3) is 0.688. The van der Waals surface area contributed by atoms with Gasteiger partial charge in [0.2, 0.25) is 5.91 Å². The number of aromatic nitrogens is 1. The van der Waals surface area contributed by atoms with Gasteiger partial charge in [-0.2, -0.15) is 0 Å². The Morgan fingerprint density at radius 3 is 2.71 bits per heavy atom. The van der Waals surface area contributed by atoms with Crippen molar-refractivity contribution in [2.45, 2.75) is 32.7 Å². The van der Waals surface area contributed by atoms with Crippen LogP contribution in [0.25, 0.3) is 0 Å². The van der Waals surface area contributed by atoms with Crippen molar-refractivity contribution < 1.29 is 14.1 Å². The standard InChI is InChI=1S/C16H25ClN4O3/c1-10(2)12-8-21(9-13(12)18-16(23)20(3)4)15(22)6-5-11-7-14(17)19-24-11/h7,10,12-13H,5-6,8-9H2,1-4H3,(H,18,23). The summed E-state index contributed by atoms with van der Waals surface area (Å²) in [6.45, 7) is 5.43. The van der Waals surface area contributed by atoms with Crippen LogP contribution in [0, 0.1) is 11.8 Å². The molecule has 0 radical (unpaired) electrons. The largest absolute Gasteiger partial charge is 0.360 e. The molecule has 1 aliphatic rings. The molecule has 7 nitrogen and oxygen atoms in total. The molecule has 0 spiro atoms. The van der Waals surface area contributed by atoms with Crippen LogP contribution in [0.15, 0.2) is 10.6 Å². The van der Waals surface area contributed by atoms with E-state index in [0.29, 0.717) is 42.8 Å². The van der Waals surface area contributed by atoms with Gasteiger partial charge in [0, 0.05) is 52.0 Å². The third-order valence-electron chi connectivity index (χ3n) is 4.40. The van der Waals surface area contributed by atoms with E-state index in [2.05, 4.69) is 24.3 Å². The van der Waals surface area contributed by atoms with Gasteiger partial charge in [-0.25, -0.2) is 4.79 Å². The number of carbonyl (C=O) groups excluding carboxylic acids is 2. The minimum absolute atomic E-state index is 0.0245. The summed E-state index contributed by atoms with van der Waals surface area (Å²) in [4.78, 5) is 27.7. The van der Waals surface area contributed by atoms with E-state index in [4.69, 9.17) is 16.1 Å². The Hall–Kier alpha value is -1.76. The zero-order valence-electron chi connectivity index (χ0n) is 14.6. The highest BCUT2D eigenvalue weighted by Gasteiger charge is 2.37. The summed E-state index contributed by atoms with van der Waals surface area (Å²) in [5.41, 5.74) is 0. The van der Waals surface area contributed by atoms with Gasteiger partial charge in [-0.3, -0.25) is 4.79 Å². The zero-order valence-corrected chi connectivity index (χ0v) is 15.3. The molecule has 1 fully saturated rings. The smallest absolute Gasteiger partial charge is 0.317 e. The number of carbonyl (C=O) groups is 2. The number of aryl methyl sites for hydroxylation is 1. The van der Waals surface area contributed by atoms with Crippen molar-refractivity contribution in [1.82, 2.24) is 20.3 Å². The molecule has 134 valence electrons. The molecular weight excluding hydrogens is 332 g/mol. The average molecular weight is 357 g/mol. The zero-order chi connectivity index (χ0) is 17.9. The summed E-state index contributed by atoms with van der Waals surface area (Å²) < 4.78 is 5.02. The number of nitrogens with one attached hydrogen (secondary N) is 1. The number of amides is 3. The molecule has 1 N–H and O–H groups in total. The van der Waals surface area contributed by atoms with Gasteiger partial charge in [0.1, 0.15) is 5.76 Å². The molecule has 0 aromatic carbocycles. The van der Waals surface area contributed by atoms with Crippen LogP contribution in [-0.4, -0.2) is 60.1 Å². The highest BCUT2D eigenvalue weighted by Crippen LogP contribution is 2.25. The number of hydrogen-bond acceptors (Lipinski definition) is 4. The molecule has 24 heavy (non-hydrogen) atoms. The van der Waals surface area contributed by atoms with Crippen molar-refractivity contribution >= 4 is 23.5 Å². The second kappa shape index (κ2) is 7.88. The van der Waals surface area contributed by atoms with Crippen LogP contribution < -0.4 is 5.32 Å². The molecule has 0 saturated carbocycles. The first kappa shape index (κ1) is 18.6. The highest BCUT2D eigenvalue weighted by molar-refractivity contribution is 6.29. The van der Waals surface area contributed by atoms with E-state index < -0.39 is 0 Å². The monoisotopic (exact) mass is 356 g/mol. The van der Waals surface area contributed by atoms with Crippen molar-refractivity contribution in [1.29, 1.82) is 0 Å². The molecular formula is C16H25ClN4O3. The minimum Gasteiger partial charge on any atom is -0.360 e. The molecule has 3 amide bonds. The second-order valence-corrected chi connectivity index (χ2v) is 7.16. The lowest BCUT2D eigenvalue weighted by atomic mass is 9.91. The normalized spacial score (nSPS) is 20.5. The SMILES string of the molecule is CC(C)C1CN(C(=O)CCc2cc(Cl)no2)CC1NC(=O)N(C)C. The van der Waals surface area contributed by atoms with Gasteiger partial charge >= 0.3 is 6.03 Å². The third-order valence-corrected chi connectivity index (χ3v) is 4.58. The average Bonchev–Trinajstić information content (AvgIpc) is 3.11. The Labute approximate surface area is 147 Å². The molecule has 2 unspecified atom stereocenters. The molecule has 1 saturated heterocycles. The van der Waals surface area contributed by atoms with Gasteiger partial charge in [-0.15, -0.1) is 0 Å². The van der Waals surface area contributed by atoms with Gasteiger partial charge in [-0.05, 0) is 5.92 Å². The lowest BCUT2D eigenvalue weighted by molar-refractivity contribution is -0.130. The summed E-state index contributed by atoms with van der Waals surface area (Å²) in [5.74, 6) is 1.28. The Bertz CT molecular complexity index is 588. The van der Waals surface area contributed by atoms with Crippen molar-refractivity contribution in [3.8, 4) is 0 Å². The van der Waals surface area contributed by atoms with E-state index >= 15 is 0 Å². The minimum atomic E-state index is -0.128. The first-order valence-corrected chi connectivity index (χ1v) is 8.52. The summed E-state index contributed by atoms with van der Waals surface area (Å²) >= 11 is 5.71. The highest BCUT2D eigenvalue weighted by atomic mass is 35.5. The van der Waals surface area contributed by atoms with E-state index in [1.165, 1.54) is 4.90 Å². The molecule has 0 bridgehead atoms. The first-order chi connectivity index (χ1) is 11.3. The number of urea groups is 1. The number of nitrogens with zero attached hydrogens (tertiary/aromatic N) is 3. The Morgan fingerprint density at radius 2 is 2.17 bits per heavy atom. The maximum absolute atomic E-state index is 12.5. The van der Waals surface area contributed by atoms with Crippen LogP contribution in [0.5, 0.6) is 0 Å². The van der Waals surface area contributed by atoms with E-state index in [1.54, 1.807) is 20.2 Å². The van der Waals surface area contributed by atoms with E-state index in [-0.39, 0.29) is 23.9 Å². The number of likely N-dealkylation sites (tertiary alicyclic amines) is 1. The topological polar surface area (TPSA) is 78.7 Å². The summed E-state index contributed by atoms with van der Waals surface area (Å²) in [6, 6.07) is 1.47. The van der Waals surface area contributed by atoms with Crippen LogP contribution >= 0.6 is 11.6 Å². The fourth-order valence-electron chi connectivity index (χ4n) is 2.94. The van der Waals surface area contributed by atoms with E-state index in [0.717, 1.165) is 0 Å². The van der Waals surface area contributed by atoms with Crippen LogP contribution in [-0.2, 0) is 11.2 Å². The van der Waals surface area contributed by atoms with Gasteiger partial charge in [0.15, 0.2) is 5.15 Å². The fourth-order valence-corrected chi connectivity index (χ4v) is 3.10. The predicted octanol–water partition coefficient (Wildman–Crippen LogP) is 2.01. The summed E-state index contributed by atoms with van der Waals surface area (Å²) in [7, 11) is 3.42. The molecule has 1 aromatic heterocycles. The van der Waals surface area contributed by atoms with Crippen molar-refractivity contribution in [2.24, 2.45) is 11.8 Å². The lowest BCUT2D eigenvalue weighted by Gasteiger charge is -2.24. The molecule has 0 aliphatic carbocycles. The molecule has 2 heterocycles. The molecule has 1 aliphatic heterocycles. The Kier molecular flexibility index (Phi) is 6.10. The molecule has 1 aromatic rings. The summed E-state index contributed by atoms with van der Waals surface area (Å²) in [6.07, 6.45) is 0.806. The van der Waals surface area contributed by atoms with Gasteiger partial charge < -0.3 is 19.6 Å². The Balaban J connectivity index is 1.93. The van der Waals surface area contributed by atoms with Crippen molar-refractivity contribution in [3.63, 3.8) is 0 Å². The maximum atomic E-state index is 12.5. The molecule has 2 atom stereocenters. The number of rotatable bonds is 5. The van der Waals surface area contributed by atoms with Crippen LogP contribution in [0.3, 0.4) is 0 Å². The second-order valence-electron chi connectivity index (χ2n) is 6.77. The van der Waals surface area contributed by atoms with Gasteiger partial charge in [0.25, 0.3) is 0 Å².